The lowest BCUT2D eigenvalue weighted by Crippen LogP contribution is -1.96. The van der Waals surface area contributed by atoms with Gasteiger partial charge in [-0.05, 0) is 11.3 Å². The van der Waals surface area contributed by atoms with E-state index in [1.165, 1.54) is 19.4 Å². The largest absolute Gasteiger partial charge is 0.500 e. The Bertz CT molecular complexity index is 640. The van der Waals surface area contributed by atoms with Crippen LogP contribution in [0.1, 0.15) is 5.56 Å². The van der Waals surface area contributed by atoms with Crippen molar-refractivity contribution in [2.24, 2.45) is 5.10 Å². The Morgan fingerprint density at radius 1 is 1.60 bits per heavy atom. The molecule has 0 fully saturated rings. The molecular formula is C9H9N7O4. The number of aromatic nitrogens is 4. The number of aromatic hydroxyl groups is 1. The van der Waals surface area contributed by atoms with Crippen molar-refractivity contribution in [3.8, 4) is 11.5 Å². The summed E-state index contributed by atoms with van der Waals surface area (Å²) in [7, 11) is 1.29. The molecule has 1 aromatic carbocycles. The van der Waals surface area contributed by atoms with Gasteiger partial charge in [-0.2, -0.15) is 10.3 Å². The highest BCUT2D eigenvalue weighted by atomic mass is 16.6. The molecule has 0 saturated carbocycles. The van der Waals surface area contributed by atoms with E-state index in [0.717, 1.165) is 6.07 Å². The number of nitro benzene ring substituents is 1. The predicted molar refractivity (Wildman–Crippen MR) is 66.7 cm³/mol. The number of nitrogens with one attached hydrogen (secondary N) is 2. The molecule has 0 radical (unpaired) electrons. The van der Waals surface area contributed by atoms with Gasteiger partial charge in [0.2, 0.25) is 5.75 Å². The van der Waals surface area contributed by atoms with Gasteiger partial charge in [0.05, 0.1) is 18.2 Å². The molecule has 0 aliphatic heterocycles. The van der Waals surface area contributed by atoms with Crippen LogP contribution in [0.5, 0.6) is 11.5 Å². The second-order valence-corrected chi connectivity index (χ2v) is 3.45. The first-order chi connectivity index (χ1) is 9.61. The highest BCUT2D eigenvalue weighted by Crippen LogP contribution is 2.36. The van der Waals surface area contributed by atoms with E-state index >= 15 is 0 Å². The Hall–Kier alpha value is -3.24. The van der Waals surface area contributed by atoms with Crippen molar-refractivity contribution in [3.05, 3.63) is 27.8 Å². The van der Waals surface area contributed by atoms with Crippen LogP contribution in [0.25, 0.3) is 0 Å². The van der Waals surface area contributed by atoms with Gasteiger partial charge in [0.1, 0.15) is 0 Å². The van der Waals surface area contributed by atoms with Crippen molar-refractivity contribution in [3.63, 3.8) is 0 Å². The van der Waals surface area contributed by atoms with Gasteiger partial charge in [0, 0.05) is 11.6 Å². The molecular weight excluding hydrogens is 270 g/mol. The van der Waals surface area contributed by atoms with Crippen LogP contribution in [0.15, 0.2) is 17.2 Å². The lowest BCUT2D eigenvalue weighted by molar-refractivity contribution is -0.386. The average molecular weight is 279 g/mol. The van der Waals surface area contributed by atoms with Crippen LogP contribution in [0.2, 0.25) is 0 Å². The van der Waals surface area contributed by atoms with Crippen LogP contribution in [0, 0.1) is 10.1 Å². The number of hydrogen-bond donors (Lipinski definition) is 3. The van der Waals surface area contributed by atoms with Gasteiger partial charge in [-0.3, -0.25) is 10.1 Å². The number of H-pyrrole nitrogens is 1. The summed E-state index contributed by atoms with van der Waals surface area (Å²) in [6.07, 6.45) is 1.28. The monoisotopic (exact) mass is 279 g/mol. The second-order valence-electron chi connectivity index (χ2n) is 3.45. The number of anilines is 1. The summed E-state index contributed by atoms with van der Waals surface area (Å²) >= 11 is 0. The Balaban J connectivity index is 2.25. The van der Waals surface area contributed by atoms with Crippen LogP contribution < -0.4 is 10.2 Å². The number of aromatic amines is 1. The summed E-state index contributed by atoms with van der Waals surface area (Å²) < 4.78 is 4.85. The zero-order chi connectivity index (χ0) is 14.5. The smallest absolute Gasteiger partial charge is 0.315 e. The van der Waals surface area contributed by atoms with Crippen molar-refractivity contribution in [2.75, 3.05) is 12.5 Å². The third-order valence-corrected chi connectivity index (χ3v) is 2.22. The molecule has 11 heteroatoms. The van der Waals surface area contributed by atoms with E-state index in [-0.39, 0.29) is 11.7 Å². The summed E-state index contributed by atoms with van der Waals surface area (Å²) in [5, 5.41) is 36.9. The minimum absolute atomic E-state index is 0.0276. The van der Waals surface area contributed by atoms with Crippen molar-refractivity contribution in [2.45, 2.75) is 0 Å². The van der Waals surface area contributed by atoms with E-state index in [0.29, 0.717) is 5.56 Å². The number of hydrogen-bond acceptors (Lipinski definition) is 9. The number of nitrogens with zero attached hydrogens (tertiary/aromatic N) is 5. The third-order valence-electron chi connectivity index (χ3n) is 2.22. The standard InChI is InChI=1S/C9H9N7O4/c1-20-7-3-5(2-6(8(7)17)16(18)19)4-10-11-9-12-14-15-13-9/h2-4,17H,1H3,(H2,11,12,13,14,15)/b10-4+. The van der Waals surface area contributed by atoms with Crippen LogP contribution >= 0.6 is 0 Å². The Morgan fingerprint density at radius 3 is 3.00 bits per heavy atom. The molecule has 1 heterocycles. The maximum atomic E-state index is 10.8. The summed E-state index contributed by atoms with van der Waals surface area (Å²) in [4.78, 5) is 10.1. The van der Waals surface area contributed by atoms with Gasteiger partial charge < -0.3 is 9.84 Å². The predicted octanol–water partition coefficient (Wildman–Crippen LogP) is 0.268. The number of phenols is 1. The maximum absolute atomic E-state index is 10.8. The molecule has 11 nitrogen and oxygen atoms in total. The van der Waals surface area contributed by atoms with E-state index in [2.05, 4.69) is 31.2 Å². The van der Waals surface area contributed by atoms with Crippen LogP contribution in [0.3, 0.4) is 0 Å². The number of nitro groups is 1. The van der Waals surface area contributed by atoms with Gasteiger partial charge in [0.15, 0.2) is 5.75 Å². The van der Waals surface area contributed by atoms with Crippen molar-refractivity contribution >= 4 is 17.9 Å². The van der Waals surface area contributed by atoms with Crippen molar-refractivity contribution in [1.82, 2.24) is 20.6 Å². The first kappa shape index (κ1) is 13.2. The molecule has 104 valence electrons. The molecule has 0 bridgehead atoms. The Kier molecular flexibility index (Phi) is 3.70. The summed E-state index contributed by atoms with van der Waals surface area (Å²) in [6.45, 7) is 0. The number of methoxy groups -OCH3 is 1. The van der Waals surface area contributed by atoms with Crippen LogP contribution in [-0.4, -0.2) is 44.0 Å². The number of ether oxygens (including phenoxy) is 1. The molecule has 0 aliphatic rings. The number of phenolic OH excluding ortho intramolecular Hbond substituents is 1. The number of hydrazone groups is 1. The zero-order valence-electron chi connectivity index (χ0n) is 10.1. The number of rotatable bonds is 5. The highest BCUT2D eigenvalue weighted by Gasteiger charge is 2.19. The van der Waals surface area contributed by atoms with Gasteiger partial charge in [-0.25, -0.2) is 5.43 Å². The Labute approximate surface area is 111 Å². The molecule has 3 N–H and O–H groups in total. The topological polar surface area (TPSA) is 151 Å². The SMILES string of the molecule is COc1cc(/C=N/Nc2nn[nH]n2)cc([N+](=O)[O-])c1O. The first-order valence-corrected chi connectivity index (χ1v) is 5.19. The fourth-order valence-electron chi connectivity index (χ4n) is 1.36. The quantitative estimate of drug-likeness (QED) is 0.400. The lowest BCUT2D eigenvalue weighted by atomic mass is 10.2. The molecule has 1 aromatic heterocycles. The van der Waals surface area contributed by atoms with Crippen molar-refractivity contribution in [1.29, 1.82) is 0 Å². The molecule has 2 aromatic rings. The first-order valence-electron chi connectivity index (χ1n) is 5.19. The number of tetrazole rings is 1. The molecule has 0 spiro atoms. The van der Waals surface area contributed by atoms with Crippen molar-refractivity contribution < 1.29 is 14.8 Å². The highest BCUT2D eigenvalue weighted by molar-refractivity contribution is 5.83. The summed E-state index contributed by atoms with van der Waals surface area (Å²) in [5.74, 6) is -0.428. The minimum Gasteiger partial charge on any atom is -0.500 e. The van der Waals surface area contributed by atoms with E-state index in [9.17, 15) is 15.2 Å². The van der Waals surface area contributed by atoms with Crippen LogP contribution in [-0.2, 0) is 0 Å². The van der Waals surface area contributed by atoms with Gasteiger partial charge in [-0.1, -0.05) is 5.10 Å². The van der Waals surface area contributed by atoms with Crippen LogP contribution in [0.4, 0.5) is 11.6 Å². The lowest BCUT2D eigenvalue weighted by Gasteiger charge is -2.04. The third kappa shape index (κ3) is 2.77. The Morgan fingerprint density at radius 2 is 2.40 bits per heavy atom. The molecule has 20 heavy (non-hydrogen) atoms. The molecule has 0 unspecified atom stereocenters. The molecule has 2 rings (SSSR count). The van der Waals surface area contributed by atoms with E-state index in [1.54, 1.807) is 0 Å². The fraction of sp³-hybridized carbons (Fsp3) is 0.111. The molecule has 0 atom stereocenters. The van der Waals surface area contributed by atoms with Gasteiger partial charge >= 0.3 is 5.69 Å². The normalized spacial score (nSPS) is 10.7. The minimum atomic E-state index is -0.720. The molecule has 0 aliphatic carbocycles. The molecule has 0 saturated heterocycles. The summed E-state index contributed by atoms with van der Waals surface area (Å²) in [6, 6.07) is 2.54. The van der Waals surface area contributed by atoms with E-state index in [1.807, 2.05) is 0 Å². The van der Waals surface area contributed by atoms with Gasteiger partial charge in [-0.15, -0.1) is 5.10 Å². The van der Waals surface area contributed by atoms with E-state index in [4.69, 9.17) is 4.74 Å². The fourth-order valence-corrected chi connectivity index (χ4v) is 1.36. The second kappa shape index (κ2) is 5.60. The molecule has 0 amide bonds. The van der Waals surface area contributed by atoms with E-state index < -0.39 is 16.4 Å². The zero-order valence-corrected chi connectivity index (χ0v) is 10.1. The average Bonchev–Trinajstić information content (AvgIpc) is 2.93. The number of benzene rings is 1. The summed E-state index contributed by atoms with van der Waals surface area (Å²) in [5.41, 5.74) is 2.32. The van der Waals surface area contributed by atoms with Gasteiger partial charge in [0.25, 0.3) is 5.95 Å². The maximum Gasteiger partial charge on any atom is 0.315 e.